The molecule has 4 heteroatoms. The lowest BCUT2D eigenvalue weighted by molar-refractivity contribution is -0.242. The van der Waals surface area contributed by atoms with Gasteiger partial charge in [-0.2, -0.15) is 0 Å². The quantitative estimate of drug-likeness (QED) is 0.513. The highest BCUT2D eigenvalue weighted by molar-refractivity contribution is 5.76. The zero-order chi connectivity index (χ0) is 20.9. The topological polar surface area (TPSA) is 52.6 Å². The third-order valence-electron chi connectivity index (χ3n) is 9.03. The third kappa shape index (κ3) is 3.74. The van der Waals surface area contributed by atoms with Crippen molar-refractivity contribution in [1.29, 1.82) is 0 Å². The van der Waals surface area contributed by atoms with Crippen molar-refractivity contribution in [3.05, 3.63) is 0 Å². The lowest BCUT2D eigenvalue weighted by atomic mass is 9.43. The first-order chi connectivity index (χ1) is 13.7. The van der Waals surface area contributed by atoms with Crippen LogP contribution in [0, 0.1) is 34.5 Å². The number of hydrogen-bond donors (Lipinski definition) is 0. The molecule has 0 aliphatic heterocycles. The van der Waals surface area contributed by atoms with Crippen molar-refractivity contribution in [2.75, 3.05) is 6.61 Å². The van der Waals surface area contributed by atoms with Gasteiger partial charge in [0.2, 0.25) is 0 Å². The van der Waals surface area contributed by atoms with Crippen molar-refractivity contribution in [2.24, 2.45) is 34.5 Å². The maximum Gasteiger partial charge on any atom is 0.311 e. The fraction of sp³-hybridized carbons (Fsp3) is 0.920. The van der Waals surface area contributed by atoms with Crippen molar-refractivity contribution in [2.45, 2.75) is 104 Å². The van der Waals surface area contributed by atoms with Crippen molar-refractivity contribution in [3.63, 3.8) is 0 Å². The zero-order valence-electron chi connectivity index (χ0n) is 18.9. The number of carbonyl (C=O) groups is 2. The fourth-order valence-corrected chi connectivity index (χ4v) is 7.50. The normalized spacial score (nSPS) is 39.0. The predicted octanol–water partition coefficient (Wildman–Crippen LogP) is 5.67. The highest BCUT2D eigenvalue weighted by Crippen LogP contribution is 2.67. The van der Waals surface area contributed by atoms with Gasteiger partial charge in [0.15, 0.2) is 0 Å². The summed E-state index contributed by atoms with van der Waals surface area (Å²) in [5.74, 6) is 2.06. The van der Waals surface area contributed by atoms with Crippen LogP contribution in [0.2, 0.25) is 0 Å². The Hall–Kier alpha value is -1.06. The van der Waals surface area contributed by atoms with Gasteiger partial charge < -0.3 is 9.47 Å². The standard InChI is InChI=1S/C25H40O4/c1-5-23(2,3)22(27)28-11-10-21(26)29-25(18-8-6-7-9-18)19-12-17-13-20(25)16-24(4,14-17)15-19/h17-20H,5-16H2,1-4H3. The number of ether oxygens (including phenoxy) is 2. The SMILES string of the molecule is CCC(C)(C)C(=O)OCCC(=O)OC1(C2CCCC2)C2CC3CC1CC(C)(C3)C2. The van der Waals surface area contributed by atoms with Gasteiger partial charge in [0.1, 0.15) is 12.2 Å². The van der Waals surface area contributed by atoms with E-state index in [1.165, 1.54) is 57.8 Å². The van der Waals surface area contributed by atoms with Crippen LogP contribution < -0.4 is 0 Å². The molecule has 2 unspecified atom stereocenters. The molecule has 29 heavy (non-hydrogen) atoms. The molecule has 0 spiro atoms. The Morgan fingerprint density at radius 2 is 1.62 bits per heavy atom. The maximum atomic E-state index is 13.0. The Labute approximate surface area is 176 Å². The van der Waals surface area contributed by atoms with Crippen LogP contribution in [-0.4, -0.2) is 24.1 Å². The highest BCUT2D eigenvalue weighted by atomic mass is 16.6. The molecule has 4 nitrogen and oxygen atoms in total. The average Bonchev–Trinajstić information content (AvgIpc) is 3.18. The van der Waals surface area contributed by atoms with Gasteiger partial charge in [-0.05, 0) is 82.5 Å². The second-order valence-corrected chi connectivity index (χ2v) is 11.6. The molecule has 0 heterocycles. The van der Waals surface area contributed by atoms with E-state index in [2.05, 4.69) is 6.92 Å². The molecule has 0 aromatic heterocycles. The summed E-state index contributed by atoms with van der Waals surface area (Å²) < 4.78 is 11.9. The smallest absolute Gasteiger partial charge is 0.311 e. The summed E-state index contributed by atoms with van der Waals surface area (Å²) in [6.07, 6.45) is 12.2. The van der Waals surface area contributed by atoms with Crippen molar-refractivity contribution < 1.29 is 19.1 Å². The first-order valence-electron chi connectivity index (χ1n) is 12.1. The van der Waals surface area contributed by atoms with E-state index >= 15 is 0 Å². The molecule has 0 aromatic carbocycles. The number of rotatable bonds is 7. The van der Waals surface area contributed by atoms with E-state index in [1.807, 2.05) is 20.8 Å². The average molecular weight is 405 g/mol. The van der Waals surface area contributed by atoms with Crippen LogP contribution in [0.1, 0.15) is 98.3 Å². The minimum atomic E-state index is -0.494. The number of hydrogen-bond acceptors (Lipinski definition) is 4. The third-order valence-corrected chi connectivity index (χ3v) is 9.03. The van der Waals surface area contributed by atoms with Gasteiger partial charge in [-0.15, -0.1) is 0 Å². The minimum Gasteiger partial charge on any atom is -0.465 e. The van der Waals surface area contributed by atoms with Gasteiger partial charge in [-0.1, -0.05) is 26.7 Å². The van der Waals surface area contributed by atoms with Crippen molar-refractivity contribution in [3.8, 4) is 0 Å². The van der Waals surface area contributed by atoms with Gasteiger partial charge in [-0.3, -0.25) is 9.59 Å². The molecule has 164 valence electrons. The molecule has 5 rings (SSSR count). The molecule has 2 atom stereocenters. The van der Waals surface area contributed by atoms with Gasteiger partial charge >= 0.3 is 11.9 Å². The fourth-order valence-electron chi connectivity index (χ4n) is 7.50. The van der Waals surface area contributed by atoms with Crippen LogP contribution in [-0.2, 0) is 19.1 Å². The summed E-state index contributed by atoms with van der Waals surface area (Å²) in [5, 5.41) is 0. The zero-order valence-corrected chi connectivity index (χ0v) is 18.9. The second kappa shape index (κ2) is 7.57. The molecule has 0 aromatic rings. The van der Waals surface area contributed by atoms with Crippen LogP contribution in [0.3, 0.4) is 0 Å². The molecule has 5 saturated carbocycles. The second-order valence-electron chi connectivity index (χ2n) is 11.6. The van der Waals surface area contributed by atoms with Crippen LogP contribution in [0.25, 0.3) is 0 Å². The van der Waals surface area contributed by atoms with Crippen LogP contribution in [0.5, 0.6) is 0 Å². The van der Waals surface area contributed by atoms with Crippen molar-refractivity contribution in [1.82, 2.24) is 0 Å². The molecule has 0 amide bonds. The summed E-state index contributed by atoms with van der Waals surface area (Å²) in [6.45, 7) is 8.36. The van der Waals surface area contributed by atoms with E-state index in [1.54, 1.807) is 0 Å². The lowest BCUT2D eigenvalue weighted by Crippen LogP contribution is -2.65. The Bertz CT molecular complexity index is 629. The van der Waals surface area contributed by atoms with Crippen LogP contribution in [0.4, 0.5) is 0 Å². The molecular formula is C25H40O4. The number of carbonyl (C=O) groups excluding carboxylic acids is 2. The molecule has 0 N–H and O–H groups in total. The molecule has 5 aliphatic carbocycles. The van der Waals surface area contributed by atoms with Crippen molar-refractivity contribution >= 4 is 11.9 Å². The Morgan fingerprint density at radius 3 is 2.17 bits per heavy atom. The first-order valence-corrected chi connectivity index (χ1v) is 12.1. The molecule has 4 bridgehead atoms. The summed E-state index contributed by atoms with van der Waals surface area (Å²) in [5.41, 5.74) is -0.269. The highest BCUT2D eigenvalue weighted by Gasteiger charge is 2.65. The summed E-state index contributed by atoms with van der Waals surface area (Å²) >= 11 is 0. The monoisotopic (exact) mass is 404 g/mol. The number of esters is 2. The van der Waals surface area contributed by atoms with Crippen LogP contribution in [0.15, 0.2) is 0 Å². The van der Waals surface area contributed by atoms with E-state index in [9.17, 15) is 9.59 Å². The summed E-state index contributed by atoms with van der Waals surface area (Å²) in [7, 11) is 0. The van der Waals surface area contributed by atoms with E-state index in [0.717, 1.165) is 12.3 Å². The van der Waals surface area contributed by atoms with E-state index < -0.39 is 5.41 Å². The van der Waals surface area contributed by atoms with E-state index in [0.29, 0.717) is 23.2 Å². The Morgan fingerprint density at radius 1 is 1.00 bits per heavy atom. The Kier molecular flexibility index (Phi) is 5.53. The predicted molar refractivity (Wildman–Crippen MR) is 112 cm³/mol. The van der Waals surface area contributed by atoms with Crippen LogP contribution >= 0.6 is 0 Å². The van der Waals surface area contributed by atoms with Gasteiger partial charge in [0.05, 0.1) is 11.8 Å². The molecule has 5 fully saturated rings. The van der Waals surface area contributed by atoms with E-state index in [4.69, 9.17) is 9.47 Å². The van der Waals surface area contributed by atoms with Gasteiger partial charge in [0.25, 0.3) is 0 Å². The molecular weight excluding hydrogens is 364 g/mol. The largest absolute Gasteiger partial charge is 0.465 e. The molecule has 0 radical (unpaired) electrons. The summed E-state index contributed by atoms with van der Waals surface area (Å²) in [4.78, 5) is 25.2. The minimum absolute atomic E-state index is 0.136. The lowest BCUT2D eigenvalue weighted by Gasteiger charge is -2.65. The van der Waals surface area contributed by atoms with Gasteiger partial charge in [-0.25, -0.2) is 0 Å². The summed E-state index contributed by atoms with van der Waals surface area (Å²) in [6, 6.07) is 0. The molecule has 0 saturated heterocycles. The first kappa shape index (κ1) is 21.2. The maximum absolute atomic E-state index is 13.0. The molecule has 5 aliphatic rings. The van der Waals surface area contributed by atoms with Gasteiger partial charge in [0, 0.05) is 11.8 Å². The Balaban J connectivity index is 1.44. The van der Waals surface area contributed by atoms with E-state index in [-0.39, 0.29) is 30.6 Å².